The van der Waals surface area contributed by atoms with Gasteiger partial charge in [0.2, 0.25) is 0 Å². The molecule has 1 N–H and O–H groups in total. The maximum atomic E-state index is 12.5. The number of carbonyl (C=O) groups excluding carboxylic acids is 2. The van der Waals surface area contributed by atoms with Gasteiger partial charge in [-0.3, -0.25) is 4.79 Å². The Bertz CT molecular complexity index is 985. The lowest BCUT2D eigenvalue weighted by Gasteiger charge is -2.14. The lowest BCUT2D eigenvalue weighted by molar-refractivity contribution is -0.137. The number of carbonyl (C=O) groups is 2. The van der Waals surface area contributed by atoms with Gasteiger partial charge in [0.1, 0.15) is 4.90 Å². The maximum Gasteiger partial charge on any atom is 0.416 e. The molecule has 3 amide bonds. The highest BCUT2D eigenvalue weighted by atomic mass is 32.2. The summed E-state index contributed by atoms with van der Waals surface area (Å²) >= 11 is 0. The highest BCUT2D eigenvalue weighted by molar-refractivity contribution is 7.90. The van der Waals surface area contributed by atoms with Crippen LogP contribution in [0.4, 0.5) is 18.0 Å². The van der Waals surface area contributed by atoms with Crippen molar-refractivity contribution in [3.8, 4) is 0 Å². The smallest absolute Gasteiger partial charge is 0.333 e. The van der Waals surface area contributed by atoms with E-state index in [-0.39, 0.29) is 21.3 Å². The van der Waals surface area contributed by atoms with Gasteiger partial charge >= 0.3 is 12.2 Å². The number of sulfonamides is 1. The summed E-state index contributed by atoms with van der Waals surface area (Å²) in [6, 6.07) is 8.21. The van der Waals surface area contributed by atoms with Crippen molar-refractivity contribution in [2.45, 2.75) is 17.6 Å². The molecule has 2 aromatic rings. The predicted molar refractivity (Wildman–Crippen MR) is 83.5 cm³/mol. The fourth-order valence-corrected chi connectivity index (χ4v) is 3.93. The van der Waals surface area contributed by atoms with E-state index in [0.717, 1.165) is 24.3 Å². The second kappa shape index (κ2) is 6.13. The number of amides is 3. The summed E-state index contributed by atoms with van der Waals surface area (Å²) in [6.07, 6.45) is -4.48. The molecule has 136 valence electrons. The normalized spacial score (nSPS) is 15.7. The molecule has 0 unspecified atom stereocenters. The number of imide groups is 1. The number of hydrogen-bond donors (Lipinski definition) is 1. The van der Waals surface area contributed by atoms with Crippen LogP contribution in [0.15, 0.2) is 53.4 Å². The Hall–Kier alpha value is -2.88. The number of alkyl halides is 3. The van der Waals surface area contributed by atoms with E-state index in [0.29, 0.717) is 5.56 Å². The summed E-state index contributed by atoms with van der Waals surface area (Å²) in [5, 5.41) is 2.23. The number of nitrogens with zero attached hydrogens (tertiary/aromatic N) is 1. The summed E-state index contributed by atoms with van der Waals surface area (Å²) in [5.41, 5.74) is -0.648. The Labute approximate surface area is 146 Å². The van der Waals surface area contributed by atoms with E-state index in [2.05, 4.69) is 5.32 Å². The van der Waals surface area contributed by atoms with Crippen molar-refractivity contribution in [1.82, 2.24) is 9.62 Å². The number of hydrogen-bond acceptors (Lipinski definition) is 4. The van der Waals surface area contributed by atoms with Crippen LogP contribution in [0, 0.1) is 0 Å². The predicted octanol–water partition coefficient (Wildman–Crippen LogP) is 2.76. The second-order valence-corrected chi connectivity index (χ2v) is 7.18. The van der Waals surface area contributed by atoms with Crippen LogP contribution in [0.25, 0.3) is 0 Å². The van der Waals surface area contributed by atoms with Gasteiger partial charge in [0.25, 0.3) is 15.9 Å². The first-order valence-corrected chi connectivity index (χ1v) is 8.69. The third-order valence-electron chi connectivity index (χ3n) is 3.73. The van der Waals surface area contributed by atoms with E-state index in [4.69, 9.17) is 0 Å². The minimum Gasteiger partial charge on any atom is -0.333 e. The summed E-state index contributed by atoms with van der Waals surface area (Å²) in [6.45, 7) is -0.243. The molecule has 0 saturated heterocycles. The van der Waals surface area contributed by atoms with Crippen LogP contribution in [0.3, 0.4) is 0 Å². The summed E-state index contributed by atoms with van der Waals surface area (Å²) < 4.78 is 62.3. The van der Waals surface area contributed by atoms with Crippen molar-refractivity contribution in [3.05, 3.63) is 65.2 Å². The van der Waals surface area contributed by atoms with Gasteiger partial charge in [0.05, 0.1) is 11.1 Å². The molecular formula is C16H11F3N2O4S. The molecule has 0 spiro atoms. The number of benzene rings is 2. The molecule has 0 bridgehead atoms. The van der Waals surface area contributed by atoms with Crippen molar-refractivity contribution in [3.63, 3.8) is 0 Å². The molecule has 1 heterocycles. The lowest BCUT2D eigenvalue weighted by Crippen LogP contribution is -2.43. The Morgan fingerprint density at radius 3 is 2.23 bits per heavy atom. The molecule has 0 saturated carbocycles. The third kappa shape index (κ3) is 3.03. The van der Waals surface area contributed by atoms with Gasteiger partial charge in [-0.05, 0) is 29.8 Å². The van der Waals surface area contributed by atoms with E-state index >= 15 is 0 Å². The van der Waals surface area contributed by atoms with Crippen LogP contribution in [-0.4, -0.2) is 24.7 Å². The molecule has 0 atom stereocenters. The van der Waals surface area contributed by atoms with E-state index < -0.39 is 33.7 Å². The monoisotopic (exact) mass is 384 g/mol. The molecule has 6 nitrogen and oxygen atoms in total. The molecule has 2 aromatic carbocycles. The molecule has 1 aliphatic rings. The van der Waals surface area contributed by atoms with E-state index in [1.54, 1.807) is 0 Å². The first-order valence-electron chi connectivity index (χ1n) is 7.25. The summed E-state index contributed by atoms with van der Waals surface area (Å²) in [5.74, 6) is -0.981. The number of rotatable bonds is 2. The molecule has 1 aliphatic heterocycles. The van der Waals surface area contributed by atoms with Crippen molar-refractivity contribution in [2.75, 3.05) is 0 Å². The molecular weight excluding hydrogens is 373 g/mol. The van der Waals surface area contributed by atoms with E-state index in [9.17, 15) is 31.2 Å². The summed E-state index contributed by atoms with van der Waals surface area (Å²) in [4.78, 5) is 24.1. The van der Waals surface area contributed by atoms with Crippen LogP contribution in [0.2, 0.25) is 0 Å². The fraction of sp³-hybridized carbons (Fsp3) is 0.125. The largest absolute Gasteiger partial charge is 0.416 e. The first kappa shape index (κ1) is 17.9. The Morgan fingerprint density at radius 1 is 1.04 bits per heavy atom. The fourth-order valence-electron chi connectivity index (χ4n) is 2.45. The van der Waals surface area contributed by atoms with Crippen LogP contribution in [-0.2, 0) is 22.7 Å². The third-order valence-corrected chi connectivity index (χ3v) is 5.45. The molecule has 0 radical (unpaired) electrons. The van der Waals surface area contributed by atoms with Crippen molar-refractivity contribution in [2.24, 2.45) is 0 Å². The minimum absolute atomic E-state index is 0.113. The van der Waals surface area contributed by atoms with Gasteiger partial charge in [-0.25, -0.2) is 13.2 Å². The average molecular weight is 384 g/mol. The molecule has 0 aliphatic carbocycles. The lowest BCUT2D eigenvalue weighted by atomic mass is 10.1. The standard InChI is InChI=1S/C16H11F3N2O4S/c17-16(18,19)11-7-5-10(6-8-11)9-20-15(23)21-14(22)12-3-1-2-4-13(12)26(21,24)25/h1-8H,9H2,(H,20,23). The van der Waals surface area contributed by atoms with Crippen molar-refractivity contribution < 1.29 is 31.2 Å². The second-order valence-electron chi connectivity index (χ2n) is 5.42. The Morgan fingerprint density at radius 2 is 1.65 bits per heavy atom. The Balaban J connectivity index is 1.74. The molecule has 26 heavy (non-hydrogen) atoms. The quantitative estimate of drug-likeness (QED) is 0.863. The Kier molecular flexibility index (Phi) is 4.23. The van der Waals surface area contributed by atoms with Gasteiger partial charge in [0.15, 0.2) is 0 Å². The number of fused-ring (bicyclic) bond motifs is 1. The highest BCUT2D eigenvalue weighted by Crippen LogP contribution is 2.30. The maximum absolute atomic E-state index is 12.5. The average Bonchev–Trinajstić information content (AvgIpc) is 2.79. The van der Waals surface area contributed by atoms with Gasteiger partial charge in [-0.2, -0.15) is 13.2 Å². The van der Waals surface area contributed by atoms with E-state index in [1.165, 1.54) is 24.3 Å². The zero-order valence-electron chi connectivity index (χ0n) is 12.9. The summed E-state index contributed by atoms with van der Waals surface area (Å²) in [7, 11) is -4.30. The number of nitrogens with one attached hydrogen (secondary N) is 1. The number of halogens is 3. The number of urea groups is 1. The minimum atomic E-state index is -4.48. The van der Waals surface area contributed by atoms with Crippen LogP contribution in [0.1, 0.15) is 21.5 Å². The van der Waals surface area contributed by atoms with Gasteiger partial charge < -0.3 is 5.32 Å². The molecule has 0 aromatic heterocycles. The van der Waals surface area contributed by atoms with Gasteiger partial charge in [-0.1, -0.05) is 24.3 Å². The topological polar surface area (TPSA) is 83.6 Å². The van der Waals surface area contributed by atoms with Gasteiger partial charge in [-0.15, -0.1) is 4.31 Å². The van der Waals surface area contributed by atoms with Crippen LogP contribution in [0.5, 0.6) is 0 Å². The SMILES string of the molecule is O=C(NCc1ccc(C(F)(F)F)cc1)N1C(=O)c2ccccc2S1(=O)=O. The van der Waals surface area contributed by atoms with Crippen LogP contribution >= 0.6 is 0 Å². The zero-order chi connectivity index (χ0) is 19.1. The molecule has 3 rings (SSSR count). The molecule has 10 heteroatoms. The highest BCUT2D eigenvalue weighted by Gasteiger charge is 2.45. The van der Waals surface area contributed by atoms with E-state index in [1.807, 2.05) is 0 Å². The van der Waals surface area contributed by atoms with Crippen LogP contribution < -0.4 is 5.32 Å². The van der Waals surface area contributed by atoms with Crippen molar-refractivity contribution >= 4 is 22.0 Å². The first-order chi connectivity index (χ1) is 12.1. The molecule has 0 fully saturated rings. The van der Waals surface area contributed by atoms with Gasteiger partial charge in [0, 0.05) is 6.54 Å². The van der Waals surface area contributed by atoms with Crippen molar-refractivity contribution in [1.29, 1.82) is 0 Å². The zero-order valence-corrected chi connectivity index (χ0v) is 13.8.